The number of aromatic nitrogens is 1. The second kappa shape index (κ2) is 6.77. The standard InChI is InChI=1S/C22H23N5O2/c23-20(24)15-5-3-14(4-6-15)19-18-17(16-2-1-11-26(16)19)21(28)27(22(18)29)12-13-7-9-25-10-8-13/h3-10,16-19H,1-2,11-12H2,(H3,23,24)/t16-,17-,18-,19-/m1/s1. The minimum atomic E-state index is -0.349. The second-order valence-electron chi connectivity index (χ2n) is 8.10. The van der Waals surface area contributed by atoms with Crippen molar-refractivity contribution < 1.29 is 9.59 Å². The number of rotatable bonds is 4. The van der Waals surface area contributed by atoms with E-state index in [-0.39, 0.29) is 41.6 Å². The maximum atomic E-state index is 13.4. The van der Waals surface area contributed by atoms with Crippen LogP contribution in [-0.2, 0) is 16.1 Å². The third-order valence-corrected chi connectivity index (χ3v) is 6.60. The van der Waals surface area contributed by atoms with Crippen LogP contribution in [0.4, 0.5) is 0 Å². The lowest BCUT2D eigenvalue weighted by molar-refractivity contribution is -0.142. The zero-order valence-electron chi connectivity index (χ0n) is 16.0. The van der Waals surface area contributed by atoms with Crippen molar-refractivity contribution in [2.75, 3.05) is 6.54 Å². The van der Waals surface area contributed by atoms with E-state index in [2.05, 4.69) is 9.88 Å². The molecule has 3 aliphatic rings. The first-order chi connectivity index (χ1) is 14.1. The van der Waals surface area contributed by atoms with Crippen LogP contribution >= 0.6 is 0 Å². The number of imide groups is 1. The summed E-state index contributed by atoms with van der Waals surface area (Å²) in [5.41, 5.74) is 8.17. The monoisotopic (exact) mass is 389 g/mol. The molecule has 29 heavy (non-hydrogen) atoms. The van der Waals surface area contributed by atoms with Crippen LogP contribution in [0.3, 0.4) is 0 Å². The summed E-state index contributed by atoms with van der Waals surface area (Å²) >= 11 is 0. The molecule has 3 saturated heterocycles. The van der Waals surface area contributed by atoms with Crippen LogP contribution in [0.25, 0.3) is 0 Å². The number of nitrogens with zero attached hydrogens (tertiary/aromatic N) is 3. The van der Waals surface area contributed by atoms with Gasteiger partial charge in [-0.2, -0.15) is 0 Å². The Morgan fingerprint density at radius 1 is 1.07 bits per heavy atom. The first-order valence-corrected chi connectivity index (χ1v) is 10.0. The molecule has 3 fully saturated rings. The number of nitrogens with two attached hydrogens (primary N) is 1. The fourth-order valence-corrected chi connectivity index (χ4v) is 5.35. The van der Waals surface area contributed by atoms with Crippen molar-refractivity contribution >= 4 is 17.6 Å². The van der Waals surface area contributed by atoms with Gasteiger partial charge in [-0.3, -0.25) is 29.8 Å². The van der Waals surface area contributed by atoms with Crippen LogP contribution in [0, 0.1) is 17.2 Å². The number of amidine groups is 1. The van der Waals surface area contributed by atoms with E-state index >= 15 is 0 Å². The van der Waals surface area contributed by atoms with E-state index in [0.717, 1.165) is 30.5 Å². The molecule has 2 amide bonds. The Bertz CT molecular complexity index is 974. The zero-order valence-corrected chi connectivity index (χ0v) is 16.0. The lowest BCUT2D eigenvalue weighted by Crippen LogP contribution is -2.38. The molecule has 5 rings (SSSR count). The molecule has 1 aromatic heterocycles. The number of carbonyl (C=O) groups is 2. The van der Waals surface area contributed by atoms with Gasteiger partial charge in [-0.05, 0) is 42.6 Å². The van der Waals surface area contributed by atoms with Gasteiger partial charge in [-0.15, -0.1) is 0 Å². The van der Waals surface area contributed by atoms with Crippen molar-refractivity contribution in [3.05, 3.63) is 65.5 Å². The van der Waals surface area contributed by atoms with Crippen LogP contribution in [0.1, 0.15) is 35.6 Å². The molecule has 2 aromatic rings. The number of likely N-dealkylation sites (tertiary alicyclic amines) is 1. The highest BCUT2D eigenvalue weighted by Crippen LogP contribution is 2.53. The van der Waals surface area contributed by atoms with E-state index in [9.17, 15) is 9.59 Å². The molecule has 0 saturated carbocycles. The van der Waals surface area contributed by atoms with E-state index in [4.69, 9.17) is 11.1 Å². The van der Waals surface area contributed by atoms with Crippen molar-refractivity contribution in [1.82, 2.24) is 14.8 Å². The minimum absolute atomic E-state index is 0.0237. The number of fused-ring (bicyclic) bond motifs is 3. The topological polar surface area (TPSA) is 103 Å². The van der Waals surface area contributed by atoms with E-state index < -0.39 is 0 Å². The number of amides is 2. The van der Waals surface area contributed by atoms with Gasteiger partial charge in [0, 0.05) is 30.0 Å². The molecule has 0 radical (unpaired) electrons. The van der Waals surface area contributed by atoms with Crippen molar-refractivity contribution in [2.24, 2.45) is 17.6 Å². The van der Waals surface area contributed by atoms with Gasteiger partial charge in [0.2, 0.25) is 11.8 Å². The van der Waals surface area contributed by atoms with E-state index in [1.807, 2.05) is 36.4 Å². The number of benzene rings is 1. The quantitative estimate of drug-likeness (QED) is 0.470. The summed E-state index contributed by atoms with van der Waals surface area (Å²) in [6.07, 6.45) is 5.35. The lowest BCUT2D eigenvalue weighted by Gasteiger charge is -2.29. The summed E-state index contributed by atoms with van der Waals surface area (Å²) in [7, 11) is 0. The zero-order chi connectivity index (χ0) is 20.1. The smallest absolute Gasteiger partial charge is 0.235 e. The van der Waals surface area contributed by atoms with Crippen molar-refractivity contribution in [3.63, 3.8) is 0 Å². The molecule has 4 atom stereocenters. The van der Waals surface area contributed by atoms with E-state index in [1.165, 1.54) is 4.90 Å². The molecule has 0 unspecified atom stereocenters. The average molecular weight is 389 g/mol. The molecule has 3 N–H and O–H groups in total. The first kappa shape index (κ1) is 18.0. The molecule has 1 aromatic carbocycles. The molecule has 0 bridgehead atoms. The summed E-state index contributed by atoms with van der Waals surface area (Å²) in [6.45, 7) is 1.21. The summed E-state index contributed by atoms with van der Waals surface area (Å²) in [5.74, 6) is -0.721. The number of hydrogen-bond acceptors (Lipinski definition) is 5. The highest BCUT2D eigenvalue weighted by molar-refractivity contribution is 6.06. The average Bonchev–Trinajstić information content (AvgIpc) is 3.37. The van der Waals surface area contributed by atoms with Gasteiger partial charge in [-0.25, -0.2) is 0 Å². The summed E-state index contributed by atoms with van der Waals surface area (Å²) < 4.78 is 0. The normalized spacial score (nSPS) is 28.6. The Hall–Kier alpha value is -3.06. The number of hydrogen-bond donors (Lipinski definition) is 2. The van der Waals surface area contributed by atoms with Gasteiger partial charge in [0.1, 0.15) is 5.84 Å². The van der Waals surface area contributed by atoms with Crippen LogP contribution in [0.2, 0.25) is 0 Å². The Kier molecular flexibility index (Phi) is 4.20. The predicted octanol–water partition coefficient (Wildman–Crippen LogP) is 1.69. The number of nitrogen functional groups attached to an aromatic ring is 1. The van der Waals surface area contributed by atoms with Gasteiger partial charge in [-0.1, -0.05) is 24.3 Å². The Morgan fingerprint density at radius 3 is 2.45 bits per heavy atom. The molecule has 0 aliphatic carbocycles. The SMILES string of the molecule is N=C(N)c1ccc([C@@H]2[C@@H]3C(=O)N(Cc4ccncc4)C(=O)[C@@H]3[C@H]3CCCN32)cc1. The summed E-state index contributed by atoms with van der Waals surface area (Å²) in [5, 5.41) is 7.60. The van der Waals surface area contributed by atoms with Gasteiger partial charge < -0.3 is 5.73 Å². The lowest BCUT2D eigenvalue weighted by atomic mass is 9.85. The fourth-order valence-electron chi connectivity index (χ4n) is 5.35. The van der Waals surface area contributed by atoms with E-state index in [0.29, 0.717) is 12.1 Å². The number of carbonyl (C=O) groups excluding carboxylic acids is 2. The van der Waals surface area contributed by atoms with Crippen molar-refractivity contribution in [1.29, 1.82) is 5.41 Å². The largest absolute Gasteiger partial charge is 0.384 e. The predicted molar refractivity (Wildman–Crippen MR) is 107 cm³/mol. The third-order valence-electron chi connectivity index (χ3n) is 6.60. The molecule has 7 heteroatoms. The van der Waals surface area contributed by atoms with Gasteiger partial charge in [0.25, 0.3) is 0 Å². The molecular formula is C22H23N5O2. The van der Waals surface area contributed by atoms with Crippen LogP contribution < -0.4 is 5.73 Å². The number of nitrogens with one attached hydrogen (secondary N) is 1. The third kappa shape index (κ3) is 2.76. The van der Waals surface area contributed by atoms with Crippen LogP contribution in [0.15, 0.2) is 48.8 Å². The first-order valence-electron chi connectivity index (χ1n) is 10.0. The Labute approximate surface area is 169 Å². The molecular weight excluding hydrogens is 366 g/mol. The highest BCUT2D eigenvalue weighted by atomic mass is 16.2. The van der Waals surface area contributed by atoms with Crippen LogP contribution in [0.5, 0.6) is 0 Å². The summed E-state index contributed by atoms with van der Waals surface area (Å²) in [4.78, 5) is 34.5. The number of pyridine rings is 1. The summed E-state index contributed by atoms with van der Waals surface area (Å²) in [6, 6.07) is 11.2. The second-order valence-corrected chi connectivity index (χ2v) is 8.10. The maximum Gasteiger partial charge on any atom is 0.235 e. The molecule has 3 aliphatic heterocycles. The van der Waals surface area contributed by atoms with Gasteiger partial charge in [0.05, 0.1) is 18.4 Å². The fraction of sp³-hybridized carbons (Fsp3) is 0.364. The molecule has 4 heterocycles. The molecule has 7 nitrogen and oxygen atoms in total. The Balaban J connectivity index is 1.49. The Morgan fingerprint density at radius 2 is 1.76 bits per heavy atom. The van der Waals surface area contributed by atoms with Crippen LogP contribution in [-0.4, -0.2) is 45.0 Å². The van der Waals surface area contributed by atoms with Crippen molar-refractivity contribution in [3.8, 4) is 0 Å². The van der Waals surface area contributed by atoms with Gasteiger partial charge in [0.15, 0.2) is 0 Å². The molecule has 148 valence electrons. The van der Waals surface area contributed by atoms with Gasteiger partial charge >= 0.3 is 0 Å². The maximum absolute atomic E-state index is 13.4. The molecule has 0 spiro atoms. The van der Waals surface area contributed by atoms with Crippen molar-refractivity contribution in [2.45, 2.75) is 31.5 Å². The minimum Gasteiger partial charge on any atom is -0.384 e. The highest BCUT2D eigenvalue weighted by Gasteiger charge is 2.62. The van der Waals surface area contributed by atoms with E-state index in [1.54, 1.807) is 12.4 Å².